The molecule has 0 radical (unpaired) electrons. The summed E-state index contributed by atoms with van der Waals surface area (Å²) in [6, 6.07) is 17.2. The highest BCUT2D eigenvalue weighted by atomic mass is 15.0. The fourth-order valence-electron chi connectivity index (χ4n) is 2.69. The summed E-state index contributed by atoms with van der Waals surface area (Å²) < 4.78 is 2.08. The first-order chi connectivity index (χ1) is 12.6. The zero-order valence-corrected chi connectivity index (χ0v) is 17.5. The summed E-state index contributed by atoms with van der Waals surface area (Å²) in [5.41, 5.74) is 5.03. The van der Waals surface area contributed by atoms with Crippen LogP contribution in [0.5, 0.6) is 0 Å². The van der Waals surface area contributed by atoms with Crippen LogP contribution in [-0.4, -0.2) is 9.55 Å². The second-order valence-corrected chi connectivity index (χ2v) is 6.39. The summed E-state index contributed by atoms with van der Waals surface area (Å²) >= 11 is 0. The molecule has 1 heterocycles. The highest BCUT2D eigenvalue weighted by molar-refractivity contribution is 5.73. The summed E-state index contributed by atoms with van der Waals surface area (Å²) in [4.78, 5) is 4.53. The summed E-state index contributed by atoms with van der Waals surface area (Å²) in [5, 5.41) is 0. The van der Waals surface area contributed by atoms with Crippen LogP contribution in [0.2, 0.25) is 0 Å². The van der Waals surface area contributed by atoms with Gasteiger partial charge in [0.1, 0.15) is 5.82 Å². The molecular weight excluding hydrogens is 316 g/mol. The van der Waals surface area contributed by atoms with Gasteiger partial charge in [-0.15, -0.1) is 0 Å². The van der Waals surface area contributed by atoms with E-state index in [9.17, 15) is 0 Å². The third kappa shape index (κ3) is 5.59. The van der Waals surface area contributed by atoms with Crippen molar-refractivity contribution in [2.75, 3.05) is 0 Å². The third-order valence-corrected chi connectivity index (χ3v) is 3.84. The largest absolute Gasteiger partial charge is 0.334 e. The molecular formula is C24H34N2. The minimum atomic E-state index is 0.474. The standard InChI is InChI=1S/C19H20N2.C3H8.C2H6/c1-14(2)17-10-9-16(15-7-5-4-6-8-15)13-18(17)19-20-11-12-21(19)3;1-3-2;1-2/h4-14H,1-3H3;3H2,1-2H3;1-2H3. The van der Waals surface area contributed by atoms with Gasteiger partial charge in [-0.3, -0.25) is 0 Å². The van der Waals surface area contributed by atoms with Gasteiger partial charge >= 0.3 is 0 Å². The average Bonchev–Trinajstić information content (AvgIpc) is 3.10. The normalized spacial score (nSPS) is 9.85. The Morgan fingerprint density at radius 2 is 1.54 bits per heavy atom. The first-order valence-corrected chi connectivity index (χ1v) is 9.75. The number of benzene rings is 2. The van der Waals surface area contributed by atoms with Gasteiger partial charge in [0.05, 0.1) is 0 Å². The summed E-state index contributed by atoms with van der Waals surface area (Å²) in [6.07, 6.45) is 5.10. The van der Waals surface area contributed by atoms with Crippen molar-refractivity contribution in [1.29, 1.82) is 0 Å². The zero-order chi connectivity index (χ0) is 19.5. The lowest BCUT2D eigenvalue weighted by Crippen LogP contribution is -1.98. The van der Waals surface area contributed by atoms with E-state index in [1.54, 1.807) is 0 Å². The van der Waals surface area contributed by atoms with Gasteiger partial charge in [-0.2, -0.15) is 0 Å². The maximum absolute atomic E-state index is 4.53. The van der Waals surface area contributed by atoms with Crippen LogP contribution in [0.25, 0.3) is 22.5 Å². The molecule has 0 unspecified atom stereocenters. The van der Waals surface area contributed by atoms with E-state index >= 15 is 0 Å². The first-order valence-electron chi connectivity index (χ1n) is 9.75. The van der Waals surface area contributed by atoms with Crippen LogP contribution in [0.15, 0.2) is 60.9 Å². The molecule has 0 aliphatic heterocycles. The van der Waals surface area contributed by atoms with Crippen LogP contribution in [0.3, 0.4) is 0 Å². The molecule has 0 atom stereocenters. The van der Waals surface area contributed by atoms with Gasteiger partial charge in [0.15, 0.2) is 0 Å². The lowest BCUT2D eigenvalue weighted by Gasteiger charge is -2.15. The number of hydrogen-bond acceptors (Lipinski definition) is 1. The summed E-state index contributed by atoms with van der Waals surface area (Å²) in [6.45, 7) is 12.7. The number of aryl methyl sites for hydroxylation is 1. The van der Waals surface area contributed by atoms with Gasteiger partial charge in [-0.05, 0) is 28.7 Å². The van der Waals surface area contributed by atoms with Crippen molar-refractivity contribution in [3.63, 3.8) is 0 Å². The van der Waals surface area contributed by atoms with Crippen molar-refractivity contribution in [3.8, 4) is 22.5 Å². The molecule has 0 spiro atoms. The Morgan fingerprint density at radius 1 is 0.923 bits per heavy atom. The number of rotatable bonds is 3. The highest BCUT2D eigenvalue weighted by Crippen LogP contribution is 2.32. The van der Waals surface area contributed by atoms with E-state index < -0.39 is 0 Å². The van der Waals surface area contributed by atoms with Crippen LogP contribution in [0.1, 0.15) is 59.4 Å². The molecule has 0 aliphatic rings. The monoisotopic (exact) mass is 350 g/mol. The second-order valence-electron chi connectivity index (χ2n) is 6.39. The van der Waals surface area contributed by atoms with E-state index in [1.807, 2.05) is 39.4 Å². The number of aromatic nitrogens is 2. The minimum Gasteiger partial charge on any atom is -0.334 e. The molecule has 0 bridgehead atoms. The maximum atomic E-state index is 4.53. The molecule has 0 saturated heterocycles. The highest BCUT2D eigenvalue weighted by Gasteiger charge is 2.13. The van der Waals surface area contributed by atoms with Crippen molar-refractivity contribution < 1.29 is 0 Å². The maximum Gasteiger partial charge on any atom is 0.139 e. The van der Waals surface area contributed by atoms with Crippen LogP contribution in [0, 0.1) is 0 Å². The Balaban J connectivity index is 0.000000615. The van der Waals surface area contributed by atoms with E-state index in [4.69, 9.17) is 0 Å². The van der Waals surface area contributed by atoms with Gasteiger partial charge in [-0.25, -0.2) is 4.98 Å². The Bertz CT molecular complexity index is 755. The molecule has 3 rings (SSSR count). The molecule has 3 aromatic rings. The molecule has 0 fully saturated rings. The molecule has 2 aromatic carbocycles. The van der Waals surface area contributed by atoms with E-state index in [1.165, 1.54) is 28.7 Å². The Labute approximate surface area is 159 Å². The molecule has 26 heavy (non-hydrogen) atoms. The average molecular weight is 351 g/mol. The smallest absolute Gasteiger partial charge is 0.139 e. The van der Waals surface area contributed by atoms with Crippen LogP contribution < -0.4 is 0 Å². The van der Waals surface area contributed by atoms with E-state index in [0.29, 0.717) is 5.92 Å². The van der Waals surface area contributed by atoms with Gasteiger partial charge in [0.2, 0.25) is 0 Å². The summed E-state index contributed by atoms with van der Waals surface area (Å²) in [5.74, 6) is 1.50. The van der Waals surface area contributed by atoms with Crippen LogP contribution >= 0.6 is 0 Å². The lowest BCUT2D eigenvalue weighted by molar-refractivity contribution is 0.858. The van der Waals surface area contributed by atoms with Crippen LogP contribution in [0.4, 0.5) is 0 Å². The van der Waals surface area contributed by atoms with Crippen molar-refractivity contribution in [2.45, 2.75) is 53.9 Å². The fourth-order valence-corrected chi connectivity index (χ4v) is 2.69. The SMILES string of the molecule is CC.CC(C)c1ccc(-c2ccccc2)cc1-c1nccn1C.CCC. The van der Waals surface area contributed by atoms with Crippen molar-refractivity contribution >= 4 is 0 Å². The van der Waals surface area contributed by atoms with Gasteiger partial charge < -0.3 is 4.57 Å². The second kappa shape index (κ2) is 11.3. The van der Waals surface area contributed by atoms with E-state index in [-0.39, 0.29) is 0 Å². The van der Waals surface area contributed by atoms with Crippen molar-refractivity contribution in [2.24, 2.45) is 7.05 Å². The zero-order valence-electron chi connectivity index (χ0n) is 17.5. The molecule has 0 N–H and O–H groups in total. The molecule has 2 nitrogen and oxygen atoms in total. The number of hydrogen-bond donors (Lipinski definition) is 0. The molecule has 2 heteroatoms. The fraction of sp³-hybridized carbons (Fsp3) is 0.375. The third-order valence-electron chi connectivity index (χ3n) is 3.84. The van der Waals surface area contributed by atoms with Crippen molar-refractivity contribution in [3.05, 3.63) is 66.5 Å². The van der Waals surface area contributed by atoms with E-state index in [2.05, 4.69) is 79.7 Å². The lowest BCUT2D eigenvalue weighted by atomic mass is 9.93. The first kappa shape index (κ1) is 21.7. The molecule has 0 amide bonds. The Morgan fingerprint density at radius 3 is 2.04 bits per heavy atom. The quantitative estimate of drug-likeness (QED) is 0.484. The molecule has 0 saturated carbocycles. The minimum absolute atomic E-state index is 0.474. The van der Waals surface area contributed by atoms with Crippen molar-refractivity contribution in [1.82, 2.24) is 9.55 Å². The van der Waals surface area contributed by atoms with Gasteiger partial charge in [-0.1, -0.05) is 90.4 Å². The predicted molar refractivity (Wildman–Crippen MR) is 115 cm³/mol. The van der Waals surface area contributed by atoms with Gasteiger partial charge in [0.25, 0.3) is 0 Å². The van der Waals surface area contributed by atoms with Crippen LogP contribution in [-0.2, 0) is 7.05 Å². The topological polar surface area (TPSA) is 17.8 Å². The molecule has 1 aromatic heterocycles. The number of imidazole rings is 1. The number of nitrogens with zero attached hydrogens (tertiary/aromatic N) is 2. The molecule has 0 aliphatic carbocycles. The Kier molecular flexibility index (Phi) is 9.43. The van der Waals surface area contributed by atoms with E-state index in [0.717, 1.165) is 5.82 Å². The predicted octanol–water partition coefficient (Wildman–Crippen LogP) is 7.32. The summed E-state index contributed by atoms with van der Waals surface area (Å²) in [7, 11) is 2.04. The molecule has 140 valence electrons. The van der Waals surface area contributed by atoms with Gasteiger partial charge in [0, 0.05) is 25.0 Å². The Hall–Kier alpha value is -2.35.